The number of anilines is 1. The zero-order valence-corrected chi connectivity index (χ0v) is 22.1. The quantitative estimate of drug-likeness (QED) is 0.341. The topological polar surface area (TPSA) is 99.0 Å². The first-order valence-corrected chi connectivity index (χ1v) is 11.8. The van der Waals surface area contributed by atoms with Crippen LogP contribution in [0, 0.1) is 20.8 Å². The Morgan fingerprint density at radius 2 is 1.69 bits per heavy atom. The summed E-state index contributed by atoms with van der Waals surface area (Å²) in [6, 6.07) is 11.0. The Hall–Kier alpha value is -4.01. The fraction of sp³-hybridized carbons (Fsp3) is 0.370. The van der Waals surface area contributed by atoms with E-state index in [0.717, 1.165) is 29.2 Å². The number of aromatic nitrogens is 2. The van der Waals surface area contributed by atoms with Crippen LogP contribution in [-0.2, 0) is 13.0 Å². The van der Waals surface area contributed by atoms with Crippen LogP contribution in [0.4, 0.5) is 5.69 Å². The minimum atomic E-state index is -0.361. The van der Waals surface area contributed by atoms with E-state index in [1.807, 2.05) is 42.8 Å². The number of para-hydroxylation sites is 1. The van der Waals surface area contributed by atoms with Gasteiger partial charge in [-0.25, -0.2) is 0 Å². The van der Waals surface area contributed by atoms with Gasteiger partial charge in [0.05, 0.1) is 27.0 Å². The Labute approximate surface area is 212 Å². The Bertz CT molecular complexity index is 1220. The SMILES string of the molecule is CCn1nc(C)c(CCN=C(NC(=O)c2cc(OC)c(OC)c(OC)c2)Nc2ccccc2C)c1C. The fourth-order valence-electron chi connectivity index (χ4n) is 4.03. The molecule has 0 unspecified atom stereocenters. The van der Waals surface area contributed by atoms with Crippen molar-refractivity contribution in [2.75, 3.05) is 33.2 Å². The molecule has 2 aromatic carbocycles. The number of carbonyl (C=O) groups is 1. The molecule has 3 rings (SSSR count). The van der Waals surface area contributed by atoms with Gasteiger partial charge in [-0.1, -0.05) is 18.2 Å². The summed E-state index contributed by atoms with van der Waals surface area (Å²) in [6.07, 6.45) is 0.705. The largest absolute Gasteiger partial charge is 0.493 e. The number of nitrogens with zero attached hydrogens (tertiary/aromatic N) is 3. The van der Waals surface area contributed by atoms with E-state index in [9.17, 15) is 4.79 Å². The molecule has 1 heterocycles. The summed E-state index contributed by atoms with van der Waals surface area (Å²) in [4.78, 5) is 18.0. The van der Waals surface area contributed by atoms with Gasteiger partial charge in [0.15, 0.2) is 11.5 Å². The van der Waals surface area contributed by atoms with E-state index in [4.69, 9.17) is 19.2 Å². The second-order valence-electron chi connectivity index (χ2n) is 8.25. The number of ether oxygens (including phenoxy) is 3. The second-order valence-corrected chi connectivity index (χ2v) is 8.25. The molecule has 0 radical (unpaired) electrons. The minimum absolute atomic E-state index is 0.347. The first kappa shape index (κ1) is 26.6. The summed E-state index contributed by atoms with van der Waals surface area (Å²) in [7, 11) is 4.54. The number of nitrogens with one attached hydrogen (secondary N) is 2. The molecule has 0 fully saturated rings. The van der Waals surface area contributed by atoms with Crippen LogP contribution in [0.2, 0.25) is 0 Å². The van der Waals surface area contributed by atoms with Crippen molar-refractivity contribution >= 4 is 17.6 Å². The maximum Gasteiger partial charge on any atom is 0.258 e. The third kappa shape index (κ3) is 5.97. The number of guanidine groups is 1. The molecule has 36 heavy (non-hydrogen) atoms. The molecule has 0 bridgehead atoms. The average Bonchev–Trinajstić information content (AvgIpc) is 3.16. The number of amides is 1. The standard InChI is InChI=1S/C27H35N5O4/c1-8-32-19(4)21(18(3)31-32)13-14-28-27(29-22-12-10-9-11-17(22)2)30-26(33)20-15-23(34-5)25(36-7)24(16-20)35-6/h9-12,15-16H,8,13-14H2,1-7H3,(H2,28,29,30,33). The summed E-state index contributed by atoms with van der Waals surface area (Å²) in [5.74, 6) is 1.20. The average molecular weight is 494 g/mol. The van der Waals surface area contributed by atoms with Crippen molar-refractivity contribution in [3.63, 3.8) is 0 Å². The molecule has 0 saturated heterocycles. The zero-order chi connectivity index (χ0) is 26.2. The van der Waals surface area contributed by atoms with Crippen molar-refractivity contribution in [2.45, 2.75) is 40.7 Å². The monoisotopic (exact) mass is 493 g/mol. The van der Waals surface area contributed by atoms with Gasteiger partial charge in [0.25, 0.3) is 5.91 Å². The molecule has 1 amide bonds. The van der Waals surface area contributed by atoms with E-state index in [-0.39, 0.29) is 5.91 Å². The molecule has 1 aromatic heterocycles. The first-order valence-electron chi connectivity index (χ1n) is 11.8. The molecule has 9 heteroatoms. The highest BCUT2D eigenvalue weighted by Gasteiger charge is 2.18. The lowest BCUT2D eigenvalue weighted by molar-refractivity contribution is 0.0976. The molecule has 0 aliphatic carbocycles. The summed E-state index contributed by atoms with van der Waals surface area (Å²) >= 11 is 0. The number of aliphatic imine (C=N–C) groups is 1. The number of methoxy groups -OCH3 is 3. The van der Waals surface area contributed by atoms with Gasteiger partial charge < -0.3 is 19.5 Å². The lowest BCUT2D eigenvalue weighted by Gasteiger charge is -2.16. The van der Waals surface area contributed by atoms with Gasteiger partial charge in [-0.3, -0.25) is 19.8 Å². The summed E-state index contributed by atoms with van der Waals surface area (Å²) < 4.78 is 18.1. The van der Waals surface area contributed by atoms with E-state index < -0.39 is 0 Å². The maximum atomic E-state index is 13.3. The summed E-state index contributed by atoms with van der Waals surface area (Å²) in [5, 5.41) is 10.8. The fourth-order valence-corrected chi connectivity index (χ4v) is 4.03. The van der Waals surface area contributed by atoms with Crippen LogP contribution in [-0.4, -0.2) is 49.5 Å². The molecule has 0 saturated carbocycles. The maximum absolute atomic E-state index is 13.3. The van der Waals surface area contributed by atoms with E-state index >= 15 is 0 Å². The summed E-state index contributed by atoms with van der Waals surface area (Å²) in [6.45, 7) is 9.44. The van der Waals surface area contributed by atoms with Crippen LogP contribution in [0.5, 0.6) is 17.2 Å². The number of hydrogen-bond acceptors (Lipinski definition) is 6. The van der Waals surface area contributed by atoms with Gasteiger partial charge >= 0.3 is 0 Å². The third-order valence-electron chi connectivity index (χ3n) is 6.02. The van der Waals surface area contributed by atoms with Crippen LogP contribution >= 0.6 is 0 Å². The van der Waals surface area contributed by atoms with Gasteiger partial charge in [-0.2, -0.15) is 5.10 Å². The molecule has 0 spiro atoms. The number of rotatable bonds is 9. The van der Waals surface area contributed by atoms with Crippen LogP contribution in [0.3, 0.4) is 0 Å². The molecule has 2 N–H and O–H groups in total. The van der Waals surface area contributed by atoms with Gasteiger partial charge in [-0.05, 0) is 63.4 Å². The second kappa shape index (κ2) is 12.1. The normalized spacial score (nSPS) is 11.2. The van der Waals surface area contributed by atoms with Crippen molar-refractivity contribution < 1.29 is 19.0 Å². The Morgan fingerprint density at radius 1 is 1.03 bits per heavy atom. The number of benzene rings is 2. The van der Waals surface area contributed by atoms with E-state index in [2.05, 4.69) is 29.6 Å². The van der Waals surface area contributed by atoms with Gasteiger partial charge in [0, 0.05) is 30.0 Å². The minimum Gasteiger partial charge on any atom is -0.493 e. The van der Waals surface area contributed by atoms with Crippen molar-refractivity contribution in [1.82, 2.24) is 15.1 Å². The third-order valence-corrected chi connectivity index (χ3v) is 6.02. The van der Waals surface area contributed by atoms with Gasteiger partial charge in [0.1, 0.15) is 0 Å². The molecular formula is C27H35N5O4. The van der Waals surface area contributed by atoms with Crippen molar-refractivity contribution in [3.8, 4) is 17.2 Å². The lowest BCUT2D eigenvalue weighted by Crippen LogP contribution is -2.36. The van der Waals surface area contributed by atoms with Crippen molar-refractivity contribution in [1.29, 1.82) is 0 Å². The molecule has 3 aromatic rings. The number of aryl methyl sites for hydroxylation is 3. The molecule has 192 valence electrons. The van der Waals surface area contributed by atoms with Crippen LogP contribution < -0.4 is 24.8 Å². The highest BCUT2D eigenvalue weighted by Crippen LogP contribution is 2.38. The molecule has 0 aliphatic rings. The van der Waals surface area contributed by atoms with Crippen LogP contribution in [0.1, 0.15) is 39.8 Å². The number of carbonyl (C=O) groups excluding carboxylic acids is 1. The first-order chi connectivity index (χ1) is 17.3. The Morgan fingerprint density at radius 3 is 2.25 bits per heavy atom. The van der Waals surface area contributed by atoms with E-state index in [1.165, 1.54) is 26.9 Å². The van der Waals surface area contributed by atoms with Gasteiger partial charge in [-0.15, -0.1) is 0 Å². The van der Waals surface area contributed by atoms with Crippen LogP contribution in [0.15, 0.2) is 41.4 Å². The predicted molar refractivity (Wildman–Crippen MR) is 142 cm³/mol. The zero-order valence-electron chi connectivity index (χ0n) is 22.1. The highest BCUT2D eigenvalue weighted by atomic mass is 16.5. The van der Waals surface area contributed by atoms with E-state index in [0.29, 0.717) is 41.7 Å². The predicted octanol–water partition coefficient (Wildman–Crippen LogP) is 4.29. The lowest BCUT2D eigenvalue weighted by atomic mass is 10.1. The van der Waals surface area contributed by atoms with Crippen molar-refractivity contribution in [3.05, 3.63) is 64.5 Å². The highest BCUT2D eigenvalue weighted by molar-refractivity contribution is 6.10. The Balaban J connectivity index is 1.88. The molecule has 0 aliphatic heterocycles. The number of hydrogen-bond donors (Lipinski definition) is 2. The molecular weight excluding hydrogens is 458 g/mol. The smallest absolute Gasteiger partial charge is 0.258 e. The Kier molecular flexibility index (Phi) is 8.94. The molecule has 9 nitrogen and oxygen atoms in total. The van der Waals surface area contributed by atoms with E-state index in [1.54, 1.807) is 12.1 Å². The van der Waals surface area contributed by atoms with Crippen molar-refractivity contribution in [2.24, 2.45) is 4.99 Å². The van der Waals surface area contributed by atoms with Crippen LogP contribution in [0.25, 0.3) is 0 Å². The van der Waals surface area contributed by atoms with Gasteiger partial charge in [0.2, 0.25) is 11.7 Å². The molecule has 0 atom stereocenters. The summed E-state index contributed by atoms with van der Waals surface area (Å²) in [5.41, 5.74) is 5.54.